The zero-order chi connectivity index (χ0) is 19.7. The van der Waals surface area contributed by atoms with Gasteiger partial charge in [0.25, 0.3) is 0 Å². The quantitative estimate of drug-likeness (QED) is 0.723. The van der Waals surface area contributed by atoms with Crippen LogP contribution in [-0.4, -0.2) is 41.5 Å². The minimum absolute atomic E-state index is 0.311. The molecule has 0 aromatic heterocycles. The summed E-state index contributed by atoms with van der Waals surface area (Å²) < 4.78 is 18.7. The van der Waals surface area contributed by atoms with Crippen molar-refractivity contribution in [2.75, 3.05) is 6.61 Å². The summed E-state index contributed by atoms with van der Waals surface area (Å²) in [6, 6.07) is 16.5. The van der Waals surface area contributed by atoms with Gasteiger partial charge in [0, 0.05) is 14.9 Å². The number of aliphatic hydroxyl groups excluding tert-OH is 1. The predicted octanol–water partition coefficient (Wildman–Crippen LogP) is 2.94. The summed E-state index contributed by atoms with van der Waals surface area (Å²) >= 11 is 4.69. The number of hydrogen-bond acceptors (Lipinski definition) is 7. The fourth-order valence-corrected chi connectivity index (χ4v) is 5.04. The maximum atomic E-state index is 10.7. The van der Waals surface area contributed by atoms with Crippen LogP contribution in [0.5, 0.6) is 0 Å². The summed E-state index contributed by atoms with van der Waals surface area (Å²) in [6.07, 6.45) is -2.37. The first-order chi connectivity index (χ1) is 13.6. The van der Waals surface area contributed by atoms with Crippen LogP contribution in [0.3, 0.4) is 0 Å². The van der Waals surface area contributed by atoms with Crippen LogP contribution in [0.1, 0.15) is 17.4 Å². The van der Waals surface area contributed by atoms with E-state index in [4.69, 9.17) is 19.9 Å². The third kappa shape index (κ3) is 3.98. The van der Waals surface area contributed by atoms with Crippen LogP contribution < -0.4 is 5.73 Å². The summed E-state index contributed by atoms with van der Waals surface area (Å²) in [7, 11) is 0. The van der Waals surface area contributed by atoms with Gasteiger partial charge in [-0.1, -0.05) is 58.0 Å². The largest absolute Gasteiger partial charge is 0.388 e. The van der Waals surface area contributed by atoms with Gasteiger partial charge in [-0.15, -0.1) is 0 Å². The van der Waals surface area contributed by atoms with E-state index in [1.54, 1.807) is 12.1 Å². The summed E-state index contributed by atoms with van der Waals surface area (Å²) in [4.78, 5) is 0.714. The molecule has 8 heteroatoms. The van der Waals surface area contributed by atoms with Crippen LogP contribution >= 0.6 is 27.7 Å². The lowest BCUT2D eigenvalue weighted by atomic mass is 9.97. The molecule has 0 amide bonds. The van der Waals surface area contributed by atoms with Gasteiger partial charge >= 0.3 is 0 Å². The van der Waals surface area contributed by atoms with E-state index >= 15 is 0 Å². The Balaban J connectivity index is 1.50. The smallest absolute Gasteiger partial charge is 0.184 e. The SMILES string of the molecule is N#Cc1ccc(Br)cc1SC1OC2COC(c3ccccc3)OC2C(N)C1O. The molecule has 0 saturated carbocycles. The molecule has 2 aromatic carbocycles. The Morgan fingerprint density at radius 3 is 2.71 bits per heavy atom. The van der Waals surface area contributed by atoms with Crippen LogP contribution in [-0.2, 0) is 14.2 Å². The van der Waals surface area contributed by atoms with Gasteiger partial charge in [-0.25, -0.2) is 0 Å². The second-order valence-corrected chi connectivity index (χ2v) is 8.71. The first-order valence-electron chi connectivity index (χ1n) is 8.84. The third-order valence-corrected chi connectivity index (χ3v) is 6.51. The van der Waals surface area contributed by atoms with Crippen molar-refractivity contribution in [1.29, 1.82) is 5.26 Å². The molecule has 0 aliphatic carbocycles. The Morgan fingerprint density at radius 1 is 1.18 bits per heavy atom. The highest BCUT2D eigenvalue weighted by Gasteiger charge is 2.48. The average molecular weight is 463 g/mol. The molecule has 6 atom stereocenters. The normalized spacial score (nSPS) is 32.4. The van der Waals surface area contributed by atoms with E-state index in [-0.39, 0.29) is 0 Å². The van der Waals surface area contributed by atoms with Crippen molar-refractivity contribution in [3.8, 4) is 6.07 Å². The number of hydrogen-bond donors (Lipinski definition) is 2. The topological polar surface area (TPSA) is 97.7 Å². The third-order valence-electron chi connectivity index (χ3n) is 4.80. The predicted molar refractivity (Wildman–Crippen MR) is 107 cm³/mol. The van der Waals surface area contributed by atoms with Crippen molar-refractivity contribution in [2.24, 2.45) is 5.73 Å². The lowest BCUT2D eigenvalue weighted by Crippen LogP contribution is -2.64. The van der Waals surface area contributed by atoms with E-state index < -0.39 is 36.1 Å². The van der Waals surface area contributed by atoms with E-state index in [0.29, 0.717) is 17.1 Å². The fraction of sp³-hybridized carbons (Fsp3) is 0.350. The lowest BCUT2D eigenvalue weighted by molar-refractivity contribution is -0.297. The lowest BCUT2D eigenvalue weighted by Gasteiger charge is -2.47. The zero-order valence-electron chi connectivity index (χ0n) is 14.8. The van der Waals surface area contributed by atoms with Gasteiger partial charge < -0.3 is 25.1 Å². The average Bonchev–Trinajstić information content (AvgIpc) is 2.72. The van der Waals surface area contributed by atoms with Crippen LogP contribution in [0, 0.1) is 11.3 Å². The minimum Gasteiger partial charge on any atom is -0.388 e. The van der Waals surface area contributed by atoms with Gasteiger partial charge in [-0.05, 0) is 18.2 Å². The molecule has 6 unspecified atom stereocenters. The Labute approximate surface area is 175 Å². The molecule has 2 aliphatic heterocycles. The first-order valence-corrected chi connectivity index (χ1v) is 10.5. The molecule has 2 fully saturated rings. The molecule has 3 N–H and O–H groups in total. The van der Waals surface area contributed by atoms with Crippen molar-refractivity contribution >= 4 is 27.7 Å². The molecule has 0 radical (unpaired) electrons. The molecule has 0 spiro atoms. The molecule has 4 rings (SSSR count). The second kappa shape index (κ2) is 8.51. The highest BCUT2D eigenvalue weighted by molar-refractivity contribution is 9.10. The Morgan fingerprint density at radius 2 is 1.96 bits per heavy atom. The van der Waals surface area contributed by atoms with Gasteiger partial charge in [0.05, 0.1) is 18.2 Å². The molecule has 146 valence electrons. The molecule has 28 heavy (non-hydrogen) atoms. The summed E-state index contributed by atoms with van der Waals surface area (Å²) in [5, 5.41) is 20.1. The number of nitriles is 1. The number of nitrogens with zero attached hydrogens (tertiary/aromatic N) is 1. The number of nitrogens with two attached hydrogens (primary N) is 1. The van der Waals surface area contributed by atoms with Crippen molar-refractivity contribution in [3.63, 3.8) is 0 Å². The van der Waals surface area contributed by atoms with E-state index in [0.717, 1.165) is 10.0 Å². The number of ether oxygens (including phenoxy) is 3. The Hall–Kier alpha value is -1.44. The Kier molecular flexibility index (Phi) is 6.04. The molecule has 2 saturated heterocycles. The molecule has 2 aliphatic rings. The number of halogens is 1. The monoisotopic (exact) mass is 462 g/mol. The van der Waals surface area contributed by atoms with Crippen molar-refractivity contribution in [1.82, 2.24) is 0 Å². The van der Waals surface area contributed by atoms with E-state index in [1.165, 1.54) is 11.8 Å². The van der Waals surface area contributed by atoms with Crippen molar-refractivity contribution < 1.29 is 19.3 Å². The number of fused-ring (bicyclic) bond motifs is 1. The first kappa shape index (κ1) is 19.9. The zero-order valence-corrected chi connectivity index (χ0v) is 17.2. The maximum Gasteiger partial charge on any atom is 0.184 e. The van der Waals surface area contributed by atoms with Gasteiger partial charge in [-0.2, -0.15) is 5.26 Å². The number of benzene rings is 2. The molecular formula is C20H19BrN2O4S. The highest BCUT2D eigenvalue weighted by Crippen LogP contribution is 2.39. The van der Waals surface area contributed by atoms with Crippen molar-refractivity contribution in [3.05, 3.63) is 64.1 Å². The summed E-state index contributed by atoms with van der Waals surface area (Å²) in [5.74, 6) is 0. The second-order valence-electron chi connectivity index (χ2n) is 6.66. The minimum atomic E-state index is -0.953. The van der Waals surface area contributed by atoms with E-state index in [1.807, 2.05) is 36.4 Å². The molecular weight excluding hydrogens is 444 g/mol. The highest BCUT2D eigenvalue weighted by atomic mass is 79.9. The number of aliphatic hydroxyl groups is 1. The van der Waals surface area contributed by atoms with Gasteiger partial charge in [0.2, 0.25) is 0 Å². The van der Waals surface area contributed by atoms with Crippen LogP contribution in [0.15, 0.2) is 57.9 Å². The Bertz CT molecular complexity index is 876. The molecule has 2 aromatic rings. The summed E-state index contributed by atoms with van der Waals surface area (Å²) in [6.45, 7) is 0.311. The standard InChI is InChI=1S/C20H19BrN2O4S/c21-13-7-6-12(9-22)15(8-13)28-20-17(24)16(23)18-14(26-20)10-25-19(27-18)11-4-2-1-3-5-11/h1-8,14,16-20,24H,10,23H2. The van der Waals surface area contributed by atoms with Gasteiger partial charge in [0.1, 0.15) is 29.8 Å². The van der Waals surface area contributed by atoms with Crippen LogP contribution in [0.2, 0.25) is 0 Å². The van der Waals surface area contributed by atoms with Crippen LogP contribution in [0.25, 0.3) is 0 Å². The summed E-state index contributed by atoms with van der Waals surface area (Å²) in [5.41, 5.74) is 7.10. The van der Waals surface area contributed by atoms with Gasteiger partial charge in [0.15, 0.2) is 6.29 Å². The van der Waals surface area contributed by atoms with Crippen LogP contribution in [0.4, 0.5) is 0 Å². The molecule has 2 heterocycles. The van der Waals surface area contributed by atoms with Gasteiger partial charge in [-0.3, -0.25) is 0 Å². The van der Waals surface area contributed by atoms with E-state index in [9.17, 15) is 10.4 Å². The maximum absolute atomic E-state index is 10.7. The number of thioether (sulfide) groups is 1. The van der Waals surface area contributed by atoms with E-state index in [2.05, 4.69) is 22.0 Å². The van der Waals surface area contributed by atoms with Crippen molar-refractivity contribution in [2.45, 2.75) is 41.0 Å². The number of rotatable bonds is 3. The fourth-order valence-electron chi connectivity index (χ4n) is 3.32. The molecule has 6 nitrogen and oxygen atoms in total. The molecule has 0 bridgehead atoms.